The molecule has 0 spiro atoms. The number of carbonyl (C=O) groups is 1. The summed E-state index contributed by atoms with van der Waals surface area (Å²) in [5.41, 5.74) is 2.24. The van der Waals surface area contributed by atoms with Crippen molar-refractivity contribution in [3.63, 3.8) is 0 Å². The smallest absolute Gasteiger partial charge is 0.255 e. The number of nitrogens with zero attached hydrogens (tertiary/aromatic N) is 1. The van der Waals surface area contributed by atoms with Gasteiger partial charge in [0.2, 0.25) is 10.0 Å². The summed E-state index contributed by atoms with van der Waals surface area (Å²) in [6, 6.07) is 9.33. The van der Waals surface area contributed by atoms with Crippen molar-refractivity contribution < 1.29 is 13.2 Å². The Labute approximate surface area is 136 Å². The van der Waals surface area contributed by atoms with Gasteiger partial charge in [0, 0.05) is 9.90 Å². The fourth-order valence-corrected chi connectivity index (χ4v) is 3.12. The van der Waals surface area contributed by atoms with Crippen LogP contribution in [0, 0.1) is 0 Å². The molecule has 0 bridgehead atoms. The van der Waals surface area contributed by atoms with Gasteiger partial charge in [-0.1, -0.05) is 17.7 Å². The topological polar surface area (TPSA) is 87.6 Å². The van der Waals surface area contributed by atoms with Crippen molar-refractivity contribution >= 4 is 45.1 Å². The average molecular weight is 358 g/mol. The Kier molecular flexibility index (Phi) is 5.67. The molecule has 2 aromatic rings. The predicted octanol–water partition coefficient (Wildman–Crippen LogP) is 1.83. The Balaban J connectivity index is 1.86. The molecule has 6 nitrogen and oxygen atoms in total. The van der Waals surface area contributed by atoms with Gasteiger partial charge in [0.15, 0.2) is 0 Å². The first-order valence-corrected chi connectivity index (χ1v) is 8.82. The molecule has 0 radical (unpaired) electrons. The lowest BCUT2D eigenvalue weighted by atomic mass is 10.4. The summed E-state index contributed by atoms with van der Waals surface area (Å²) in [4.78, 5) is 12.4. The minimum absolute atomic E-state index is 0.0341. The second-order valence-corrected chi connectivity index (χ2v) is 7.27. The first kappa shape index (κ1) is 16.6. The van der Waals surface area contributed by atoms with Crippen LogP contribution >= 0.6 is 22.9 Å². The number of rotatable bonds is 6. The number of thiophene rings is 1. The second kappa shape index (κ2) is 7.50. The van der Waals surface area contributed by atoms with Crippen LogP contribution in [0.25, 0.3) is 0 Å². The van der Waals surface area contributed by atoms with Crippen LogP contribution in [0.4, 0.5) is 0 Å². The van der Waals surface area contributed by atoms with E-state index in [2.05, 4.69) is 15.2 Å². The number of sulfonamides is 1. The number of hydrazone groups is 1. The standard InChI is InChI=1S/C13H12ClN3O3S2/c14-10-3-5-12(6-4-10)22(19,20)16-9-13(18)17-15-8-11-2-1-7-21-11/h1-8,16H,9H2,(H,17,18)/b15-8-. The van der Waals surface area contributed by atoms with Gasteiger partial charge in [0.1, 0.15) is 0 Å². The van der Waals surface area contributed by atoms with Gasteiger partial charge in [0.25, 0.3) is 5.91 Å². The maximum absolute atomic E-state index is 11.9. The van der Waals surface area contributed by atoms with Crippen LogP contribution in [-0.2, 0) is 14.8 Å². The zero-order valence-electron chi connectivity index (χ0n) is 11.2. The largest absolute Gasteiger partial charge is 0.272 e. The molecule has 0 unspecified atom stereocenters. The molecule has 22 heavy (non-hydrogen) atoms. The number of hydrogen-bond acceptors (Lipinski definition) is 5. The molecule has 2 N–H and O–H groups in total. The molecular formula is C13H12ClN3O3S2. The molecule has 0 aliphatic carbocycles. The van der Waals surface area contributed by atoms with E-state index < -0.39 is 22.5 Å². The highest BCUT2D eigenvalue weighted by molar-refractivity contribution is 7.89. The Morgan fingerprint density at radius 1 is 1.27 bits per heavy atom. The lowest BCUT2D eigenvalue weighted by Crippen LogP contribution is -2.34. The van der Waals surface area contributed by atoms with E-state index in [4.69, 9.17) is 11.6 Å². The molecule has 0 aliphatic rings. The number of nitrogens with one attached hydrogen (secondary N) is 2. The van der Waals surface area contributed by atoms with E-state index >= 15 is 0 Å². The summed E-state index contributed by atoms with van der Waals surface area (Å²) in [6.45, 7) is -0.410. The van der Waals surface area contributed by atoms with E-state index in [1.54, 1.807) is 0 Å². The minimum Gasteiger partial charge on any atom is -0.272 e. The lowest BCUT2D eigenvalue weighted by Gasteiger charge is -2.05. The van der Waals surface area contributed by atoms with Crippen LogP contribution in [0.1, 0.15) is 4.88 Å². The Morgan fingerprint density at radius 2 is 2.00 bits per heavy atom. The van der Waals surface area contributed by atoms with E-state index in [-0.39, 0.29) is 4.90 Å². The predicted molar refractivity (Wildman–Crippen MR) is 86.7 cm³/mol. The monoisotopic (exact) mass is 357 g/mol. The van der Waals surface area contributed by atoms with E-state index in [1.807, 2.05) is 17.5 Å². The molecule has 9 heteroatoms. The summed E-state index contributed by atoms with van der Waals surface area (Å²) < 4.78 is 26.1. The summed E-state index contributed by atoms with van der Waals surface area (Å²) in [5, 5.41) is 6.04. The van der Waals surface area contributed by atoms with Gasteiger partial charge in [-0.25, -0.2) is 18.6 Å². The molecule has 2 rings (SSSR count). The van der Waals surface area contributed by atoms with Crippen molar-refractivity contribution in [3.8, 4) is 0 Å². The first-order chi connectivity index (χ1) is 10.5. The van der Waals surface area contributed by atoms with Crippen molar-refractivity contribution in [2.24, 2.45) is 5.10 Å². The maximum atomic E-state index is 11.9. The van der Waals surface area contributed by atoms with Crippen LogP contribution in [0.15, 0.2) is 51.8 Å². The fourth-order valence-electron chi connectivity index (χ4n) is 1.43. The van der Waals surface area contributed by atoms with Gasteiger partial charge in [-0.05, 0) is 35.7 Å². The number of hydrogen-bond donors (Lipinski definition) is 2. The maximum Gasteiger partial charge on any atom is 0.255 e. The Hall–Kier alpha value is -1.74. The van der Waals surface area contributed by atoms with Crippen molar-refractivity contribution in [1.29, 1.82) is 0 Å². The molecule has 0 fully saturated rings. The number of carbonyl (C=O) groups excluding carboxylic acids is 1. The normalized spacial score (nSPS) is 11.7. The van der Waals surface area contributed by atoms with E-state index in [1.165, 1.54) is 41.8 Å². The summed E-state index contributed by atoms with van der Waals surface area (Å²) in [5.74, 6) is -0.564. The third-order valence-corrected chi connectivity index (χ3v) is 4.95. The first-order valence-electron chi connectivity index (χ1n) is 6.08. The van der Waals surface area contributed by atoms with Crippen LogP contribution in [0.5, 0.6) is 0 Å². The molecule has 0 saturated carbocycles. The lowest BCUT2D eigenvalue weighted by molar-refractivity contribution is -0.119. The van der Waals surface area contributed by atoms with Crippen LogP contribution in [-0.4, -0.2) is 27.1 Å². The SMILES string of the molecule is O=C(CNS(=O)(=O)c1ccc(Cl)cc1)N/N=C\c1cccs1. The van der Waals surface area contributed by atoms with Crippen LogP contribution in [0.2, 0.25) is 5.02 Å². The highest BCUT2D eigenvalue weighted by Crippen LogP contribution is 2.13. The molecule has 1 amide bonds. The second-order valence-electron chi connectivity index (χ2n) is 4.09. The molecule has 1 heterocycles. The van der Waals surface area contributed by atoms with Crippen molar-refractivity contribution in [2.45, 2.75) is 4.90 Å². The van der Waals surface area contributed by atoms with Crippen molar-refractivity contribution in [1.82, 2.24) is 10.1 Å². The van der Waals surface area contributed by atoms with Gasteiger partial charge >= 0.3 is 0 Å². The van der Waals surface area contributed by atoms with Gasteiger partial charge in [-0.15, -0.1) is 11.3 Å². The molecule has 1 aromatic carbocycles. The molecule has 0 aliphatic heterocycles. The third kappa shape index (κ3) is 4.92. The molecule has 116 valence electrons. The Bertz CT molecular complexity index is 756. The highest BCUT2D eigenvalue weighted by atomic mass is 35.5. The third-order valence-electron chi connectivity index (χ3n) is 2.47. The summed E-state index contributed by atoms with van der Waals surface area (Å²) in [7, 11) is -3.76. The number of halogens is 1. The number of benzene rings is 1. The van der Waals surface area contributed by atoms with E-state index in [0.717, 1.165) is 4.88 Å². The molecule has 0 atom stereocenters. The van der Waals surface area contributed by atoms with Gasteiger partial charge in [-0.3, -0.25) is 4.79 Å². The molecule has 1 aromatic heterocycles. The molecular weight excluding hydrogens is 346 g/mol. The number of amides is 1. The van der Waals surface area contributed by atoms with Crippen molar-refractivity contribution in [2.75, 3.05) is 6.54 Å². The Morgan fingerprint density at radius 3 is 2.64 bits per heavy atom. The zero-order chi connectivity index (χ0) is 16.0. The summed E-state index contributed by atoms with van der Waals surface area (Å²) >= 11 is 7.16. The highest BCUT2D eigenvalue weighted by Gasteiger charge is 2.14. The van der Waals surface area contributed by atoms with Crippen molar-refractivity contribution in [3.05, 3.63) is 51.7 Å². The van der Waals surface area contributed by atoms with E-state index in [0.29, 0.717) is 5.02 Å². The zero-order valence-corrected chi connectivity index (χ0v) is 13.6. The minimum atomic E-state index is -3.76. The van der Waals surface area contributed by atoms with Crippen LogP contribution in [0.3, 0.4) is 0 Å². The van der Waals surface area contributed by atoms with Crippen LogP contribution < -0.4 is 10.1 Å². The van der Waals surface area contributed by atoms with Gasteiger partial charge in [0.05, 0.1) is 17.7 Å². The fraction of sp³-hybridized carbons (Fsp3) is 0.0769. The van der Waals surface area contributed by atoms with Gasteiger partial charge in [-0.2, -0.15) is 5.10 Å². The van der Waals surface area contributed by atoms with Gasteiger partial charge < -0.3 is 0 Å². The molecule has 0 saturated heterocycles. The summed E-state index contributed by atoms with van der Waals surface area (Å²) in [6.07, 6.45) is 1.48. The quantitative estimate of drug-likeness (QED) is 0.610. The average Bonchev–Trinajstić information content (AvgIpc) is 2.99. The van der Waals surface area contributed by atoms with E-state index in [9.17, 15) is 13.2 Å².